The van der Waals surface area contributed by atoms with Crippen LogP contribution in [0.1, 0.15) is 28.6 Å². The standard InChI is InChI=1S/C14H24BrN3S/c1-10-12(15)7-14(19-10)13(8-16)18(3)11-5-4-6-17(2)9-11/h7,11,13H,4-6,8-9,16H2,1-3H3. The molecule has 2 unspecified atom stereocenters. The average molecular weight is 346 g/mol. The number of likely N-dealkylation sites (N-methyl/N-ethyl adjacent to an activating group) is 2. The minimum atomic E-state index is 0.339. The number of nitrogens with zero attached hydrogens (tertiary/aromatic N) is 2. The number of likely N-dealkylation sites (tertiary alicyclic amines) is 1. The van der Waals surface area contributed by atoms with Gasteiger partial charge in [-0.15, -0.1) is 11.3 Å². The third-order valence-corrected chi connectivity index (χ3v) is 6.33. The molecule has 2 rings (SSSR count). The maximum Gasteiger partial charge on any atom is 0.0565 e. The van der Waals surface area contributed by atoms with Crippen LogP contribution in [-0.4, -0.2) is 49.6 Å². The zero-order valence-electron chi connectivity index (χ0n) is 12.0. The second-order valence-corrected chi connectivity index (χ2v) is 7.67. The van der Waals surface area contributed by atoms with Crippen molar-refractivity contribution in [1.29, 1.82) is 0 Å². The van der Waals surface area contributed by atoms with Crippen LogP contribution in [0, 0.1) is 6.92 Å². The van der Waals surface area contributed by atoms with Crippen LogP contribution in [0.3, 0.4) is 0 Å². The molecule has 5 heteroatoms. The largest absolute Gasteiger partial charge is 0.329 e. The van der Waals surface area contributed by atoms with Gasteiger partial charge in [-0.25, -0.2) is 0 Å². The molecule has 0 spiro atoms. The monoisotopic (exact) mass is 345 g/mol. The summed E-state index contributed by atoms with van der Waals surface area (Å²) < 4.78 is 1.21. The van der Waals surface area contributed by atoms with Crippen molar-refractivity contribution in [2.45, 2.75) is 31.8 Å². The van der Waals surface area contributed by atoms with E-state index < -0.39 is 0 Å². The molecule has 3 nitrogen and oxygen atoms in total. The normalized spacial score (nSPS) is 22.9. The molecular formula is C14H24BrN3S. The lowest BCUT2D eigenvalue weighted by atomic mass is 10.0. The molecule has 1 aromatic heterocycles. The van der Waals surface area contributed by atoms with Crippen LogP contribution in [0.15, 0.2) is 10.5 Å². The number of thiophene rings is 1. The molecule has 1 aliphatic heterocycles. The molecule has 2 N–H and O–H groups in total. The van der Waals surface area contributed by atoms with Crippen LogP contribution in [-0.2, 0) is 0 Å². The van der Waals surface area contributed by atoms with E-state index in [1.165, 1.54) is 33.6 Å². The number of rotatable bonds is 4. The highest BCUT2D eigenvalue weighted by atomic mass is 79.9. The Kier molecular flexibility index (Phi) is 5.43. The summed E-state index contributed by atoms with van der Waals surface area (Å²) in [5.41, 5.74) is 6.04. The second-order valence-electron chi connectivity index (χ2n) is 5.53. The van der Waals surface area contributed by atoms with Gasteiger partial charge in [0, 0.05) is 33.4 Å². The van der Waals surface area contributed by atoms with Crippen molar-refractivity contribution in [2.24, 2.45) is 5.73 Å². The first-order valence-corrected chi connectivity index (χ1v) is 8.50. The van der Waals surface area contributed by atoms with Crippen molar-refractivity contribution in [2.75, 3.05) is 33.7 Å². The lowest BCUT2D eigenvalue weighted by Crippen LogP contribution is -2.47. The Morgan fingerprint density at radius 2 is 2.37 bits per heavy atom. The Morgan fingerprint density at radius 1 is 1.63 bits per heavy atom. The van der Waals surface area contributed by atoms with Crippen molar-refractivity contribution in [3.05, 3.63) is 20.3 Å². The molecule has 0 amide bonds. The van der Waals surface area contributed by atoms with E-state index in [2.05, 4.69) is 52.8 Å². The summed E-state index contributed by atoms with van der Waals surface area (Å²) in [6.07, 6.45) is 2.57. The first-order chi connectivity index (χ1) is 9.02. The van der Waals surface area contributed by atoms with Gasteiger partial charge in [-0.3, -0.25) is 4.90 Å². The van der Waals surface area contributed by atoms with Crippen LogP contribution in [0.5, 0.6) is 0 Å². The third-order valence-electron chi connectivity index (χ3n) is 4.10. The fourth-order valence-corrected chi connectivity index (χ4v) is 4.58. The Labute approximate surface area is 128 Å². The van der Waals surface area contributed by atoms with Crippen molar-refractivity contribution >= 4 is 27.3 Å². The number of hydrogen-bond acceptors (Lipinski definition) is 4. The number of halogens is 1. The third kappa shape index (κ3) is 3.58. The molecule has 1 aliphatic rings. The molecule has 0 bridgehead atoms. The molecule has 108 valence electrons. The van der Waals surface area contributed by atoms with Gasteiger partial charge in [0.15, 0.2) is 0 Å². The summed E-state index contributed by atoms with van der Waals surface area (Å²) in [7, 11) is 4.44. The minimum absolute atomic E-state index is 0.339. The highest BCUT2D eigenvalue weighted by Crippen LogP contribution is 2.34. The zero-order chi connectivity index (χ0) is 14.0. The minimum Gasteiger partial charge on any atom is -0.329 e. The van der Waals surface area contributed by atoms with Crippen LogP contribution in [0.25, 0.3) is 0 Å². The number of piperidine rings is 1. The lowest BCUT2D eigenvalue weighted by Gasteiger charge is -2.39. The molecule has 1 fully saturated rings. The molecule has 0 saturated carbocycles. The first kappa shape index (κ1) is 15.4. The maximum atomic E-state index is 6.04. The van der Waals surface area contributed by atoms with Crippen molar-refractivity contribution < 1.29 is 0 Å². The molecule has 2 atom stereocenters. The molecule has 0 aromatic carbocycles. The van der Waals surface area contributed by atoms with Crippen LogP contribution in [0.2, 0.25) is 0 Å². The molecule has 0 radical (unpaired) electrons. The van der Waals surface area contributed by atoms with Crippen molar-refractivity contribution in [1.82, 2.24) is 9.80 Å². The predicted molar refractivity (Wildman–Crippen MR) is 86.8 cm³/mol. The Hall–Kier alpha value is 0.0600. The molecule has 1 aromatic rings. The van der Waals surface area contributed by atoms with E-state index in [9.17, 15) is 0 Å². The molecule has 2 heterocycles. The molecular weight excluding hydrogens is 322 g/mol. The van der Waals surface area contributed by atoms with Gasteiger partial charge in [0.05, 0.1) is 6.04 Å². The number of aryl methyl sites for hydroxylation is 1. The van der Waals surface area contributed by atoms with Gasteiger partial charge >= 0.3 is 0 Å². The van der Waals surface area contributed by atoms with E-state index in [0.29, 0.717) is 18.6 Å². The number of nitrogens with two attached hydrogens (primary N) is 1. The number of hydrogen-bond donors (Lipinski definition) is 1. The van der Waals surface area contributed by atoms with Crippen LogP contribution in [0.4, 0.5) is 0 Å². The summed E-state index contributed by atoms with van der Waals surface area (Å²) in [6, 6.07) is 3.19. The fourth-order valence-electron chi connectivity index (χ4n) is 2.85. The lowest BCUT2D eigenvalue weighted by molar-refractivity contribution is 0.102. The quantitative estimate of drug-likeness (QED) is 0.910. The van der Waals surface area contributed by atoms with Gasteiger partial charge in [0.25, 0.3) is 0 Å². The van der Waals surface area contributed by atoms with Crippen molar-refractivity contribution in [3.63, 3.8) is 0 Å². The van der Waals surface area contributed by atoms with E-state index in [1.54, 1.807) is 0 Å². The first-order valence-electron chi connectivity index (χ1n) is 6.89. The molecule has 0 aliphatic carbocycles. The maximum absolute atomic E-state index is 6.04. The van der Waals surface area contributed by atoms with E-state index >= 15 is 0 Å². The summed E-state index contributed by atoms with van der Waals surface area (Å²) in [5.74, 6) is 0. The van der Waals surface area contributed by atoms with Gasteiger partial charge in [-0.05, 0) is 62.4 Å². The van der Waals surface area contributed by atoms with Gasteiger partial charge in [-0.2, -0.15) is 0 Å². The molecule has 19 heavy (non-hydrogen) atoms. The topological polar surface area (TPSA) is 32.5 Å². The van der Waals surface area contributed by atoms with Gasteiger partial charge in [0.1, 0.15) is 0 Å². The summed E-state index contributed by atoms with van der Waals surface area (Å²) in [4.78, 5) is 7.62. The van der Waals surface area contributed by atoms with Crippen molar-refractivity contribution in [3.8, 4) is 0 Å². The van der Waals surface area contributed by atoms with E-state index in [-0.39, 0.29) is 0 Å². The second kappa shape index (κ2) is 6.68. The highest BCUT2D eigenvalue weighted by molar-refractivity contribution is 9.10. The smallest absolute Gasteiger partial charge is 0.0565 e. The summed E-state index contributed by atoms with van der Waals surface area (Å²) in [5, 5.41) is 0. The van der Waals surface area contributed by atoms with Gasteiger partial charge < -0.3 is 10.6 Å². The van der Waals surface area contributed by atoms with E-state index in [4.69, 9.17) is 5.73 Å². The average Bonchev–Trinajstić information content (AvgIpc) is 2.70. The zero-order valence-corrected chi connectivity index (χ0v) is 14.4. The highest BCUT2D eigenvalue weighted by Gasteiger charge is 2.27. The van der Waals surface area contributed by atoms with Crippen LogP contribution < -0.4 is 5.73 Å². The van der Waals surface area contributed by atoms with Gasteiger partial charge in [0.2, 0.25) is 0 Å². The SMILES string of the molecule is Cc1sc(C(CN)N(C)C2CCCN(C)C2)cc1Br. The van der Waals surface area contributed by atoms with Gasteiger partial charge in [-0.1, -0.05) is 0 Å². The van der Waals surface area contributed by atoms with E-state index in [0.717, 1.165) is 6.54 Å². The Balaban J connectivity index is 2.12. The summed E-state index contributed by atoms with van der Waals surface area (Å²) >= 11 is 5.47. The Bertz CT molecular complexity index is 401. The summed E-state index contributed by atoms with van der Waals surface area (Å²) in [6.45, 7) is 5.21. The molecule has 1 saturated heterocycles. The van der Waals surface area contributed by atoms with E-state index in [1.807, 2.05) is 11.3 Å². The van der Waals surface area contributed by atoms with Crippen LogP contribution >= 0.6 is 27.3 Å². The Morgan fingerprint density at radius 3 is 2.89 bits per heavy atom. The predicted octanol–water partition coefficient (Wildman–Crippen LogP) is 2.84. The fraction of sp³-hybridized carbons (Fsp3) is 0.714.